The van der Waals surface area contributed by atoms with Crippen molar-refractivity contribution in [1.82, 2.24) is 0 Å². The van der Waals surface area contributed by atoms with Crippen LogP contribution in [-0.2, 0) is 14.0 Å². The van der Waals surface area contributed by atoms with Gasteiger partial charge in [0.1, 0.15) is 5.75 Å². The van der Waals surface area contributed by atoms with E-state index in [9.17, 15) is 0 Å². The van der Waals surface area contributed by atoms with E-state index in [0.29, 0.717) is 19.8 Å². The molecule has 3 heterocycles. The summed E-state index contributed by atoms with van der Waals surface area (Å²) in [5.41, 5.74) is 0.947. The van der Waals surface area contributed by atoms with Gasteiger partial charge in [0.25, 0.3) is 0 Å². The van der Waals surface area contributed by atoms with Crippen molar-refractivity contribution < 1.29 is 70.1 Å². The maximum atomic E-state index is 5.80. The van der Waals surface area contributed by atoms with Crippen LogP contribution in [0.15, 0.2) is 24.3 Å². The standard InChI is InChI=1S/C12H16BO4.K/c1-12-7-15-13(16-8-12,17-9-12)10-3-5-11(14-2)6-4-10;/h3-6H,7-9H2,1-2H3;/q-1;+1. The summed E-state index contributed by atoms with van der Waals surface area (Å²) in [5.74, 6) is 0.817. The van der Waals surface area contributed by atoms with Crippen molar-refractivity contribution in [3.8, 4) is 5.75 Å². The van der Waals surface area contributed by atoms with Gasteiger partial charge in [-0.25, -0.2) is 0 Å². The number of benzene rings is 1. The fourth-order valence-corrected chi connectivity index (χ4v) is 2.33. The SMILES string of the molecule is COc1ccc([B-]23OCC(C)(CO2)CO3)cc1.[K+]. The van der Waals surface area contributed by atoms with Crippen LogP contribution < -0.4 is 61.6 Å². The van der Waals surface area contributed by atoms with Gasteiger partial charge in [0.2, 0.25) is 0 Å². The Morgan fingerprint density at radius 1 is 1.06 bits per heavy atom. The molecule has 0 saturated carbocycles. The second kappa shape index (κ2) is 5.54. The zero-order chi connectivity index (χ0) is 11.9. The van der Waals surface area contributed by atoms with Crippen molar-refractivity contribution in [3.05, 3.63) is 24.3 Å². The van der Waals surface area contributed by atoms with Crippen LogP contribution in [0.25, 0.3) is 0 Å². The molecule has 0 aromatic heterocycles. The Hall–Kier alpha value is 0.601. The van der Waals surface area contributed by atoms with Gasteiger partial charge in [0.05, 0.1) is 7.11 Å². The van der Waals surface area contributed by atoms with Gasteiger partial charge in [-0.3, -0.25) is 0 Å². The van der Waals surface area contributed by atoms with E-state index in [-0.39, 0.29) is 56.8 Å². The first kappa shape index (κ1) is 15.0. The van der Waals surface area contributed by atoms with Gasteiger partial charge in [-0.15, -0.1) is 5.46 Å². The molecule has 92 valence electrons. The molecule has 4 nitrogen and oxygen atoms in total. The molecule has 0 spiro atoms. The molecular formula is C12H16BKO4. The Balaban J connectivity index is 0.00000120. The van der Waals surface area contributed by atoms with Crippen LogP contribution in [0.2, 0.25) is 0 Å². The van der Waals surface area contributed by atoms with E-state index in [1.165, 1.54) is 0 Å². The van der Waals surface area contributed by atoms with Gasteiger partial charge >= 0.3 is 58.1 Å². The third kappa shape index (κ3) is 2.58. The molecule has 3 aliphatic rings. The number of rotatable bonds is 2. The number of hydrogen-bond donors (Lipinski definition) is 0. The molecule has 4 rings (SSSR count). The van der Waals surface area contributed by atoms with E-state index >= 15 is 0 Å². The van der Waals surface area contributed by atoms with E-state index in [4.69, 9.17) is 18.7 Å². The van der Waals surface area contributed by atoms with E-state index in [1.807, 2.05) is 24.3 Å². The molecule has 2 bridgehead atoms. The van der Waals surface area contributed by atoms with Gasteiger partial charge in [-0.05, 0) is 12.1 Å². The van der Waals surface area contributed by atoms with Gasteiger partial charge in [-0.1, -0.05) is 19.1 Å². The second-order valence-electron chi connectivity index (χ2n) is 5.16. The zero-order valence-electron chi connectivity index (χ0n) is 11.1. The fourth-order valence-electron chi connectivity index (χ4n) is 2.33. The third-order valence-corrected chi connectivity index (χ3v) is 3.48. The third-order valence-electron chi connectivity index (χ3n) is 3.48. The van der Waals surface area contributed by atoms with Gasteiger partial charge in [0, 0.05) is 25.2 Å². The summed E-state index contributed by atoms with van der Waals surface area (Å²) in [6.45, 7) is 2.46. The van der Waals surface area contributed by atoms with Crippen LogP contribution in [0.3, 0.4) is 0 Å². The van der Waals surface area contributed by atoms with Crippen LogP contribution in [0.5, 0.6) is 5.75 Å². The molecule has 0 amide bonds. The van der Waals surface area contributed by atoms with E-state index in [1.54, 1.807) is 7.11 Å². The summed E-state index contributed by atoms with van der Waals surface area (Å²) in [6, 6.07) is 7.66. The van der Waals surface area contributed by atoms with Crippen LogP contribution in [-0.4, -0.2) is 33.7 Å². The molecule has 0 N–H and O–H groups in total. The quantitative estimate of drug-likeness (QED) is 0.581. The first-order valence-electron chi connectivity index (χ1n) is 5.86. The van der Waals surface area contributed by atoms with Crippen molar-refractivity contribution in [3.63, 3.8) is 0 Å². The van der Waals surface area contributed by atoms with Crippen molar-refractivity contribution in [1.29, 1.82) is 0 Å². The molecule has 0 aliphatic carbocycles. The van der Waals surface area contributed by atoms with Gasteiger partial charge in [-0.2, -0.15) is 0 Å². The maximum absolute atomic E-state index is 5.80. The van der Waals surface area contributed by atoms with Crippen molar-refractivity contribution in [2.24, 2.45) is 5.41 Å². The Morgan fingerprint density at radius 3 is 2.00 bits per heavy atom. The first-order valence-corrected chi connectivity index (χ1v) is 5.86. The Morgan fingerprint density at radius 2 is 1.56 bits per heavy atom. The number of hydrogen-bond acceptors (Lipinski definition) is 4. The molecule has 0 unspecified atom stereocenters. The van der Waals surface area contributed by atoms with Crippen molar-refractivity contribution >= 4 is 12.2 Å². The minimum Gasteiger partial charge on any atom is -0.540 e. The topological polar surface area (TPSA) is 36.9 Å². The van der Waals surface area contributed by atoms with Crippen molar-refractivity contribution in [2.45, 2.75) is 6.92 Å². The van der Waals surface area contributed by atoms with Gasteiger partial charge in [0.15, 0.2) is 0 Å². The normalized spacial score (nSPS) is 33.9. The zero-order valence-corrected chi connectivity index (χ0v) is 14.3. The first-order chi connectivity index (χ1) is 8.16. The predicted molar refractivity (Wildman–Crippen MR) is 64.3 cm³/mol. The number of fused-ring (bicyclic) bond motifs is 3. The predicted octanol–water partition coefficient (Wildman–Crippen LogP) is -2.07. The monoisotopic (exact) mass is 274 g/mol. The Bertz CT molecular complexity index is 398. The second-order valence-corrected chi connectivity index (χ2v) is 5.16. The Kier molecular flexibility index (Phi) is 4.61. The molecule has 3 fully saturated rings. The molecular weight excluding hydrogens is 258 g/mol. The Labute approximate surface area is 150 Å². The summed E-state index contributed by atoms with van der Waals surface area (Å²) in [4.78, 5) is 0. The van der Waals surface area contributed by atoms with Crippen LogP contribution in [0.4, 0.5) is 0 Å². The number of methoxy groups -OCH3 is 1. The minimum atomic E-state index is -1.73. The van der Waals surface area contributed by atoms with Crippen LogP contribution in [0, 0.1) is 5.41 Å². The summed E-state index contributed by atoms with van der Waals surface area (Å²) in [5, 5.41) is 0. The molecule has 1 aromatic carbocycles. The molecule has 3 aliphatic heterocycles. The average molecular weight is 274 g/mol. The largest absolute Gasteiger partial charge is 1.00 e. The number of ether oxygens (including phenoxy) is 1. The fraction of sp³-hybridized carbons (Fsp3) is 0.500. The van der Waals surface area contributed by atoms with Crippen LogP contribution >= 0.6 is 0 Å². The molecule has 3 saturated heterocycles. The van der Waals surface area contributed by atoms with E-state index in [0.717, 1.165) is 11.2 Å². The maximum Gasteiger partial charge on any atom is 1.00 e. The van der Waals surface area contributed by atoms with E-state index in [2.05, 4.69) is 6.92 Å². The van der Waals surface area contributed by atoms with Crippen LogP contribution in [0.1, 0.15) is 6.92 Å². The molecule has 1 aromatic rings. The smallest absolute Gasteiger partial charge is 0.540 e. The minimum absolute atomic E-state index is 0. The van der Waals surface area contributed by atoms with Crippen molar-refractivity contribution in [2.75, 3.05) is 26.9 Å². The molecule has 0 radical (unpaired) electrons. The molecule has 6 heteroatoms. The summed E-state index contributed by atoms with van der Waals surface area (Å²) >= 11 is 0. The van der Waals surface area contributed by atoms with Gasteiger partial charge < -0.3 is 18.7 Å². The molecule has 0 atom stereocenters. The summed E-state index contributed by atoms with van der Waals surface area (Å²) < 4.78 is 22.5. The van der Waals surface area contributed by atoms with E-state index < -0.39 is 6.75 Å². The molecule has 18 heavy (non-hydrogen) atoms. The average Bonchev–Trinajstić information content (AvgIpc) is 2.40. The summed E-state index contributed by atoms with van der Waals surface area (Å²) in [6.07, 6.45) is 0. The summed E-state index contributed by atoms with van der Waals surface area (Å²) in [7, 11) is 1.65.